The van der Waals surface area contributed by atoms with E-state index in [1.807, 2.05) is 27.1 Å². The Hall–Kier alpha value is -0.161. The van der Waals surface area contributed by atoms with Gasteiger partial charge in [0.05, 0.1) is 0 Å². The molecule has 1 aromatic rings. The van der Waals surface area contributed by atoms with E-state index in [4.69, 9.17) is 3.07 Å². The van der Waals surface area contributed by atoms with E-state index >= 15 is 0 Å². The van der Waals surface area contributed by atoms with Crippen molar-refractivity contribution in [3.05, 3.63) is 29.8 Å². The molecule has 1 aliphatic rings. The molecule has 0 fully saturated rings. The van der Waals surface area contributed by atoms with Crippen LogP contribution in [0, 0.1) is 0 Å². The van der Waals surface area contributed by atoms with Crippen molar-refractivity contribution in [1.82, 2.24) is 0 Å². The predicted octanol–water partition coefficient (Wildman–Crippen LogP) is 4.99. The van der Waals surface area contributed by atoms with E-state index < -0.39 is 17.4 Å². The Morgan fingerprint density at radius 1 is 1.11 bits per heavy atom. The molecule has 1 aliphatic heterocycles. The van der Waals surface area contributed by atoms with Crippen LogP contribution in [0.1, 0.15) is 49.9 Å². The molecule has 0 radical (unpaired) electrons. The molecular weight excluding hydrogens is 363 g/mol. The number of carbonyl (C=O) groups is 1. The molecule has 2 nitrogen and oxygen atoms in total. The van der Waals surface area contributed by atoms with Crippen LogP contribution in [0.5, 0.6) is 0 Å². The first kappa shape index (κ1) is 15.2. The summed E-state index contributed by atoms with van der Waals surface area (Å²) in [5.41, 5.74) is 0.771. The van der Waals surface area contributed by atoms with Crippen molar-refractivity contribution in [3.63, 3.8) is 0 Å². The average Bonchev–Trinajstić information content (AvgIpc) is 2.43. The Kier molecular flexibility index (Phi) is 5.63. The van der Waals surface area contributed by atoms with Crippen molar-refractivity contribution >= 4 is 32.3 Å². The summed E-state index contributed by atoms with van der Waals surface area (Å²) in [5, 5.41) is 0. The molecule has 0 atom stereocenters. The average molecular weight is 385 g/mol. The van der Waals surface area contributed by atoms with Gasteiger partial charge < -0.3 is 0 Å². The van der Waals surface area contributed by atoms with Crippen LogP contribution in [-0.2, 0) is 3.07 Å². The molecule has 0 saturated heterocycles. The van der Waals surface area contributed by atoms with E-state index in [0.29, 0.717) is 0 Å². The molecule has 0 aromatic heterocycles. The zero-order valence-electron chi connectivity index (χ0n) is 11.8. The fourth-order valence-electron chi connectivity index (χ4n) is 2.39. The molecule has 4 heteroatoms. The third-order valence-electron chi connectivity index (χ3n) is 3.50. The maximum atomic E-state index is 12.2. The number of unbranched alkanes of at least 4 members (excludes halogenated alkanes) is 2. The quantitative estimate of drug-likeness (QED) is 0.646. The SMILES string of the molecule is CCC[CH2][Sn]1([CH2]CCC)[O]C(=O)c2ccccc2[S]1. The molecule has 0 bridgehead atoms. The van der Waals surface area contributed by atoms with Crippen LogP contribution in [-0.4, -0.2) is 23.4 Å². The summed E-state index contributed by atoms with van der Waals surface area (Å²) in [6, 6.07) is 7.92. The van der Waals surface area contributed by atoms with Crippen LogP contribution in [0.3, 0.4) is 0 Å². The topological polar surface area (TPSA) is 26.3 Å². The van der Waals surface area contributed by atoms with Gasteiger partial charge in [0.2, 0.25) is 0 Å². The van der Waals surface area contributed by atoms with E-state index in [-0.39, 0.29) is 5.97 Å². The van der Waals surface area contributed by atoms with Gasteiger partial charge in [-0.25, -0.2) is 0 Å². The molecule has 2 rings (SSSR count). The molecule has 0 N–H and O–H groups in total. The molecule has 0 unspecified atom stereocenters. The van der Waals surface area contributed by atoms with Gasteiger partial charge in [-0.05, 0) is 0 Å². The molecular formula is C15H22O2SSn. The molecule has 0 aliphatic carbocycles. The first-order valence-corrected chi connectivity index (χ1v) is 16.7. The first-order valence-electron chi connectivity index (χ1n) is 7.22. The fourth-order valence-corrected chi connectivity index (χ4v) is 20.6. The summed E-state index contributed by atoms with van der Waals surface area (Å²) in [4.78, 5) is 13.4. The summed E-state index contributed by atoms with van der Waals surface area (Å²) in [6.45, 7) is 4.42. The van der Waals surface area contributed by atoms with Crippen LogP contribution >= 0.6 is 8.95 Å². The van der Waals surface area contributed by atoms with Gasteiger partial charge >= 0.3 is 123 Å². The van der Waals surface area contributed by atoms with Crippen molar-refractivity contribution in [2.45, 2.75) is 53.3 Å². The molecule has 0 spiro atoms. The number of fused-ring (bicyclic) bond motifs is 1. The second kappa shape index (κ2) is 7.02. The number of carbonyl (C=O) groups excluding carboxylic acids is 1. The van der Waals surface area contributed by atoms with Crippen molar-refractivity contribution in [3.8, 4) is 0 Å². The third-order valence-corrected chi connectivity index (χ3v) is 20.8. The number of rotatable bonds is 6. The van der Waals surface area contributed by atoms with Gasteiger partial charge in [-0.3, -0.25) is 0 Å². The normalized spacial score (nSPS) is 16.8. The number of hydrogen-bond acceptors (Lipinski definition) is 3. The monoisotopic (exact) mass is 386 g/mol. The molecule has 0 saturated carbocycles. The summed E-state index contributed by atoms with van der Waals surface area (Å²) in [6.07, 6.45) is 4.76. The van der Waals surface area contributed by atoms with Crippen LogP contribution in [0.4, 0.5) is 0 Å². The Morgan fingerprint density at radius 3 is 2.37 bits per heavy atom. The summed E-state index contributed by atoms with van der Waals surface area (Å²) < 4.78 is 8.36. The molecule has 1 aromatic carbocycles. The van der Waals surface area contributed by atoms with Crippen molar-refractivity contribution < 1.29 is 7.87 Å². The molecule has 1 heterocycles. The molecule has 104 valence electrons. The van der Waals surface area contributed by atoms with Crippen molar-refractivity contribution in [2.75, 3.05) is 0 Å². The summed E-state index contributed by atoms with van der Waals surface area (Å²) in [7, 11) is 1.96. The van der Waals surface area contributed by atoms with Gasteiger partial charge in [0.1, 0.15) is 0 Å². The third kappa shape index (κ3) is 3.69. The minimum absolute atomic E-state index is 0.0580. The van der Waals surface area contributed by atoms with Gasteiger partial charge in [-0.15, -0.1) is 0 Å². The van der Waals surface area contributed by atoms with E-state index in [0.717, 1.165) is 14.4 Å². The second-order valence-electron chi connectivity index (χ2n) is 5.11. The fraction of sp³-hybridized carbons (Fsp3) is 0.533. The summed E-state index contributed by atoms with van der Waals surface area (Å²) >= 11 is -2.81. The predicted molar refractivity (Wildman–Crippen MR) is 82.9 cm³/mol. The number of hydrogen-bond donors (Lipinski definition) is 0. The molecule has 0 amide bonds. The van der Waals surface area contributed by atoms with Crippen LogP contribution in [0.25, 0.3) is 0 Å². The van der Waals surface area contributed by atoms with Gasteiger partial charge in [-0.1, -0.05) is 0 Å². The van der Waals surface area contributed by atoms with E-state index in [2.05, 4.69) is 19.9 Å². The Morgan fingerprint density at radius 2 is 1.74 bits per heavy atom. The Bertz CT molecular complexity index is 440. The van der Waals surface area contributed by atoms with Crippen molar-refractivity contribution in [2.24, 2.45) is 0 Å². The Balaban J connectivity index is 2.23. The van der Waals surface area contributed by atoms with Gasteiger partial charge in [0.25, 0.3) is 0 Å². The van der Waals surface area contributed by atoms with Crippen molar-refractivity contribution in [1.29, 1.82) is 0 Å². The molecule has 19 heavy (non-hydrogen) atoms. The van der Waals surface area contributed by atoms with Crippen LogP contribution in [0.15, 0.2) is 29.2 Å². The van der Waals surface area contributed by atoms with E-state index in [1.54, 1.807) is 0 Å². The Labute approximate surface area is 123 Å². The maximum absolute atomic E-state index is 12.2. The van der Waals surface area contributed by atoms with Gasteiger partial charge in [0, 0.05) is 0 Å². The van der Waals surface area contributed by atoms with Crippen LogP contribution < -0.4 is 0 Å². The standard InChI is InChI=1S/C7H6O2S.2C4H9.Sn/c8-7(9)5-3-1-2-4-6(5)10;2*1-3-4-2;/h1-4,10H,(H,8,9);2*1,3-4H2,2H3;/q;;;+2/p-2. The first-order chi connectivity index (χ1) is 9.21. The number of benzene rings is 1. The van der Waals surface area contributed by atoms with E-state index in [1.165, 1.54) is 30.6 Å². The zero-order chi connectivity index (χ0) is 13.7. The van der Waals surface area contributed by atoms with Gasteiger partial charge in [-0.2, -0.15) is 0 Å². The summed E-state index contributed by atoms with van der Waals surface area (Å²) in [5.74, 6) is -0.0580. The van der Waals surface area contributed by atoms with Crippen LogP contribution in [0.2, 0.25) is 8.87 Å². The minimum atomic E-state index is -2.81. The second-order valence-corrected chi connectivity index (χ2v) is 21.1. The zero-order valence-corrected chi connectivity index (χ0v) is 15.4. The van der Waals surface area contributed by atoms with E-state index in [9.17, 15) is 4.79 Å². The van der Waals surface area contributed by atoms with Gasteiger partial charge in [0.15, 0.2) is 0 Å².